The zero-order chi connectivity index (χ0) is 24.1. The molecule has 1 fully saturated rings. The number of amides is 1. The lowest BCUT2D eigenvalue weighted by atomic mass is 9.94. The second kappa shape index (κ2) is 10.3. The Morgan fingerprint density at radius 2 is 1.88 bits per heavy atom. The van der Waals surface area contributed by atoms with E-state index in [1.54, 1.807) is 55.1 Å². The molecule has 7 heteroatoms. The molecule has 3 aromatic rings. The van der Waals surface area contributed by atoms with Crippen LogP contribution in [-0.2, 0) is 16.1 Å². The van der Waals surface area contributed by atoms with Crippen molar-refractivity contribution < 1.29 is 19.4 Å². The first kappa shape index (κ1) is 23.2. The van der Waals surface area contributed by atoms with Crippen molar-refractivity contribution in [3.05, 3.63) is 95.1 Å². The Bertz CT molecular complexity index is 1210. The highest BCUT2D eigenvalue weighted by Gasteiger charge is 2.46. The molecule has 34 heavy (non-hydrogen) atoms. The van der Waals surface area contributed by atoms with Crippen LogP contribution >= 0.6 is 0 Å². The zero-order valence-electron chi connectivity index (χ0n) is 19.3. The number of ketones is 1. The number of aliphatic hydroxyl groups is 1. The monoisotopic (exact) mass is 457 g/mol. The molecule has 1 atom stereocenters. The topological polar surface area (TPSA) is 92.6 Å². The summed E-state index contributed by atoms with van der Waals surface area (Å²) in [5, 5.41) is 11.3. The van der Waals surface area contributed by atoms with E-state index in [9.17, 15) is 14.7 Å². The van der Waals surface area contributed by atoms with Gasteiger partial charge in [0.1, 0.15) is 11.5 Å². The summed E-state index contributed by atoms with van der Waals surface area (Å²) in [4.78, 5) is 35.9. The molecular formula is C27H27N3O4. The van der Waals surface area contributed by atoms with Gasteiger partial charge in [-0.05, 0) is 66.4 Å². The second-order valence-electron chi connectivity index (χ2n) is 8.25. The van der Waals surface area contributed by atoms with E-state index in [4.69, 9.17) is 4.74 Å². The van der Waals surface area contributed by atoms with Crippen LogP contribution in [0.5, 0.6) is 5.75 Å². The predicted octanol–water partition coefficient (Wildman–Crippen LogP) is 4.59. The quantitative estimate of drug-likeness (QED) is 0.230. The Balaban J connectivity index is 1.76. The lowest BCUT2D eigenvalue weighted by molar-refractivity contribution is -0.140. The average molecular weight is 458 g/mol. The van der Waals surface area contributed by atoms with Crippen molar-refractivity contribution in [1.29, 1.82) is 0 Å². The summed E-state index contributed by atoms with van der Waals surface area (Å²) in [7, 11) is 0. The molecule has 0 unspecified atom stereocenters. The number of hydrogen-bond donors (Lipinski definition) is 1. The second-order valence-corrected chi connectivity index (χ2v) is 8.25. The number of rotatable bonds is 8. The number of Topliss-reactive ketones (excluding diaryl/α,β-unsaturated/α-hetero) is 1. The molecule has 0 bridgehead atoms. The molecule has 174 valence electrons. The molecule has 1 aliphatic heterocycles. The Labute approximate surface area is 198 Å². The Morgan fingerprint density at radius 3 is 2.56 bits per heavy atom. The number of ether oxygens (including phenoxy) is 1. The molecule has 0 aliphatic carbocycles. The molecule has 0 spiro atoms. The van der Waals surface area contributed by atoms with Crippen molar-refractivity contribution in [1.82, 2.24) is 14.9 Å². The van der Waals surface area contributed by atoms with Crippen LogP contribution in [0.2, 0.25) is 0 Å². The van der Waals surface area contributed by atoms with Crippen LogP contribution in [0.15, 0.2) is 72.8 Å². The van der Waals surface area contributed by atoms with Gasteiger partial charge in [-0.3, -0.25) is 19.6 Å². The summed E-state index contributed by atoms with van der Waals surface area (Å²) in [6.45, 7) is 4.74. The fourth-order valence-corrected chi connectivity index (χ4v) is 4.09. The maximum Gasteiger partial charge on any atom is 0.295 e. The minimum atomic E-state index is -0.747. The zero-order valence-corrected chi connectivity index (χ0v) is 19.3. The van der Waals surface area contributed by atoms with Crippen molar-refractivity contribution in [3.63, 3.8) is 0 Å². The number of nitrogens with zero attached hydrogens (tertiary/aromatic N) is 3. The van der Waals surface area contributed by atoms with Crippen LogP contribution in [-0.4, -0.2) is 38.3 Å². The van der Waals surface area contributed by atoms with Gasteiger partial charge in [0.05, 0.1) is 18.2 Å². The third-order valence-electron chi connectivity index (χ3n) is 5.86. The van der Waals surface area contributed by atoms with Crippen molar-refractivity contribution in [3.8, 4) is 5.75 Å². The van der Waals surface area contributed by atoms with Gasteiger partial charge in [0.2, 0.25) is 0 Å². The minimum Gasteiger partial charge on any atom is -0.507 e. The Hall–Kier alpha value is -4.00. The van der Waals surface area contributed by atoms with Crippen LogP contribution in [0, 0.1) is 6.92 Å². The van der Waals surface area contributed by atoms with Gasteiger partial charge in [-0.25, -0.2) is 0 Å². The van der Waals surface area contributed by atoms with Crippen LogP contribution < -0.4 is 4.74 Å². The predicted molar refractivity (Wildman–Crippen MR) is 128 cm³/mol. The van der Waals surface area contributed by atoms with E-state index in [1.165, 1.54) is 4.90 Å². The number of carbonyl (C=O) groups excluding carboxylic acids is 2. The molecule has 1 aliphatic rings. The van der Waals surface area contributed by atoms with Gasteiger partial charge >= 0.3 is 0 Å². The molecule has 1 N–H and O–H groups in total. The largest absolute Gasteiger partial charge is 0.507 e. The molecule has 1 amide bonds. The maximum absolute atomic E-state index is 13.2. The molecule has 4 rings (SSSR count). The number of aryl methyl sites for hydroxylation is 1. The van der Waals surface area contributed by atoms with Crippen LogP contribution in [0.1, 0.15) is 48.1 Å². The fourth-order valence-electron chi connectivity index (χ4n) is 4.09. The normalized spacial score (nSPS) is 17.2. The van der Waals surface area contributed by atoms with Gasteiger partial charge in [-0.2, -0.15) is 0 Å². The van der Waals surface area contributed by atoms with Crippen molar-refractivity contribution in [2.75, 3.05) is 6.61 Å². The molecule has 1 saturated heterocycles. The number of aliphatic hydroxyl groups excluding tert-OH is 1. The first-order valence-corrected chi connectivity index (χ1v) is 11.3. The number of unbranched alkanes of at least 4 members (excludes halogenated alkanes) is 1. The SMILES string of the molecule is CCCCOc1ccc(C(O)=C2C(=O)C(=O)N(Cc3cccnc3)[C@@H]2c2ccncc2)c(C)c1. The highest BCUT2D eigenvalue weighted by molar-refractivity contribution is 6.46. The molecule has 3 heterocycles. The van der Waals surface area contributed by atoms with Gasteiger partial charge in [0.25, 0.3) is 11.7 Å². The lowest BCUT2D eigenvalue weighted by Gasteiger charge is -2.25. The minimum absolute atomic E-state index is 0.0582. The summed E-state index contributed by atoms with van der Waals surface area (Å²) < 4.78 is 5.76. The number of pyridine rings is 2. The van der Waals surface area contributed by atoms with E-state index in [2.05, 4.69) is 16.9 Å². The first-order chi connectivity index (χ1) is 16.5. The molecule has 0 saturated carbocycles. The first-order valence-electron chi connectivity index (χ1n) is 11.3. The standard InChI is InChI=1S/C27H27N3O4/c1-3-4-14-34-21-7-8-22(18(2)15-21)25(31)23-24(20-9-12-28-13-10-20)30(27(33)26(23)32)17-19-6-5-11-29-16-19/h5-13,15-16,24,31H,3-4,14,17H2,1-2H3/t24-/m1/s1. The lowest BCUT2D eigenvalue weighted by Crippen LogP contribution is -2.29. The van der Waals surface area contributed by atoms with Crippen molar-refractivity contribution >= 4 is 17.4 Å². The summed E-state index contributed by atoms with van der Waals surface area (Å²) in [5.41, 5.74) is 2.77. The van der Waals surface area contributed by atoms with E-state index in [1.807, 2.05) is 19.1 Å². The summed E-state index contributed by atoms with van der Waals surface area (Å²) >= 11 is 0. The van der Waals surface area contributed by atoms with E-state index >= 15 is 0 Å². The number of hydrogen-bond acceptors (Lipinski definition) is 6. The van der Waals surface area contributed by atoms with Gasteiger partial charge in [-0.1, -0.05) is 19.4 Å². The van der Waals surface area contributed by atoms with E-state index in [0.29, 0.717) is 23.5 Å². The van der Waals surface area contributed by atoms with Crippen LogP contribution in [0.4, 0.5) is 0 Å². The molecule has 0 radical (unpaired) electrons. The van der Waals surface area contributed by atoms with E-state index in [-0.39, 0.29) is 17.9 Å². The van der Waals surface area contributed by atoms with Gasteiger partial charge in [-0.15, -0.1) is 0 Å². The number of aromatic nitrogens is 2. The molecule has 1 aromatic carbocycles. The van der Waals surface area contributed by atoms with Gasteiger partial charge in [0.15, 0.2) is 0 Å². The third kappa shape index (κ3) is 4.69. The maximum atomic E-state index is 13.2. The highest BCUT2D eigenvalue weighted by Crippen LogP contribution is 2.40. The van der Waals surface area contributed by atoms with E-state index in [0.717, 1.165) is 24.0 Å². The van der Waals surface area contributed by atoms with Crippen LogP contribution in [0.3, 0.4) is 0 Å². The number of likely N-dealkylation sites (tertiary alicyclic amines) is 1. The molecular weight excluding hydrogens is 430 g/mol. The average Bonchev–Trinajstić information content (AvgIpc) is 3.10. The fraction of sp³-hybridized carbons (Fsp3) is 0.259. The number of benzene rings is 1. The van der Waals surface area contributed by atoms with Gasteiger partial charge in [0, 0.05) is 36.9 Å². The third-order valence-corrected chi connectivity index (χ3v) is 5.86. The smallest absolute Gasteiger partial charge is 0.295 e. The van der Waals surface area contributed by atoms with E-state index < -0.39 is 17.7 Å². The summed E-state index contributed by atoms with van der Waals surface area (Å²) in [6.07, 6.45) is 8.50. The molecule has 7 nitrogen and oxygen atoms in total. The van der Waals surface area contributed by atoms with Gasteiger partial charge < -0.3 is 14.7 Å². The Morgan fingerprint density at radius 1 is 1.09 bits per heavy atom. The Kier molecular flexibility index (Phi) is 7.01. The summed E-state index contributed by atoms with van der Waals surface area (Å²) in [5.74, 6) is -0.882. The van der Waals surface area contributed by atoms with Crippen molar-refractivity contribution in [2.24, 2.45) is 0 Å². The van der Waals surface area contributed by atoms with Crippen LogP contribution in [0.25, 0.3) is 5.76 Å². The molecule has 2 aromatic heterocycles. The number of carbonyl (C=O) groups is 2. The highest BCUT2D eigenvalue weighted by atomic mass is 16.5. The van der Waals surface area contributed by atoms with Crippen molar-refractivity contribution in [2.45, 2.75) is 39.3 Å². The summed E-state index contributed by atoms with van der Waals surface area (Å²) in [6, 6.07) is 11.7.